The first kappa shape index (κ1) is 18.5. The van der Waals surface area contributed by atoms with E-state index in [0.717, 1.165) is 36.5 Å². The van der Waals surface area contributed by atoms with Crippen LogP contribution in [0.25, 0.3) is 0 Å². The molecule has 1 saturated heterocycles. The second kappa shape index (κ2) is 8.85. The van der Waals surface area contributed by atoms with Gasteiger partial charge < -0.3 is 14.4 Å². The van der Waals surface area contributed by atoms with E-state index in [1.54, 1.807) is 13.3 Å². The molecule has 1 aromatic heterocycles. The molecule has 6 nitrogen and oxygen atoms in total. The molecule has 1 atom stereocenters. The second-order valence-corrected chi connectivity index (χ2v) is 6.70. The fraction of sp³-hybridized carbons (Fsp3) is 0.500. The van der Waals surface area contributed by atoms with Gasteiger partial charge in [-0.1, -0.05) is 12.1 Å². The lowest BCUT2D eigenvalue weighted by Crippen LogP contribution is -2.37. The molecule has 140 valence electrons. The molecule has 6 heteroatoms. The van der Waals surface area contributed by atoms with Crippen LogP contribution in [0.15, 0.2) is 36.5 Å². The minimum atomic E-state index is 0.147. The molecule has 1 aliphatic rings. The molecule has 0 saturated carbocycles. The van der Waals surface area contributed by atoms with E-state index in [0.29, 0.717) is 25.9 Å². The largest absolute Gasteiger partial charge is 0.497 e. The third kappa shape index (κ3) is 4.85. The first-order valence-corrected chi connectivity index (χ1v) is 9.15. The van der Waals surface area contributed by atoms with Gasteiger partial charge in [0.1, 0.15) is 5.75 Å². The molecule has 0 N–H and O–H groups in total. The molecule has 1 unspecified atom stereocenters. The maximum atomic E-state index is 12.9. The molecular formula is C20H27N3O3. The number of methoxy groups -OCH3 is 1. The zero-order chi connectivity index (χ0) is 18.4. The number of nitrogens with zero attached hydrogens (tertiary/aromatic N) is 3. The lowest BCUT2D eigenvalue weighted by Gasteiger charge is -2.26. The summed E-state index contributed by atoms with van der Waals surface area (Å²) in [5.74, 6) is 0.972. The van der Waals surface area contributed by atoms with Crippen molar-refractivity contribution in [3.8, 4) is 5.75 Å². The Bertz CT molecular complexity index is 705. The van der Waals surface area contributed by atoms with Gasteiger partial charge in [-0.15, -0.1) is 0 Å². The molecule has 0 radical (unpaired) electrons. The molecule has 2 aromatic rings. The Morgan fingerprint density at radius 2 is 2.15 bits per heavy atom. The molecule has 0 aliphatic carbocycles. The third-order valence-electron chi connectivity index (χ3n) is 4.85. The van der Waals surface area contributed by atoms with Crippen LogP contribution in [0.5, 0.6) is 5.75 Å². The van der Waals surface area contributed by atoms with Gasteiger partial charge in [-0.25, -0.2) is 0 Å². The number of hydrogen-bond donors (Lipinski definition) is 0. The topological polar surface area (TPSA) is 56.6 Å². The van der Waals surface area contributed by atoms with Crippen molar-refractivity contribution in [1.82, 2.24) is 14.7 Å². The molecule has 1 amide bonds. The highest BCUT2D eigenvalue weighted by molar-refractivity contribution is 5.76. The van der Waals surface area contributed by atoms with Crippen LogP contribution >= 0.6 is 0 Å². The van der Waals surface area contributed by atoms with Crippen molar-refractivity contribution in [2.45, 2.75) is 38.3 Å². The van der Waals surface area contributed by atoms with Crippen LogP contribution < -0.4 is 4.74 Å². The van der Waals surface area contributed by atoms with Gasteiger partial charge in [0.2, 0.25) is 5.91 Å². The highest BCUT2D eigenvalue weighted by Crippen LogP contribution is 2.18. The Labute approximate surface area is 154 Å². The molecule has 1 fully saturated rings. The van der Waals surface area contributed by atoms with Gasteiger partial charge in [0, 0.05) is 45.1 Å². The summed E-state index contributed by atoms with van der Waals surface area (Å²) in [6, 6.07) is 9.84. The number of carbonyl (C=O) groups is 1. The number of carbonyl (C=O) groups excluding carboxylic acids is 1. The van der Waals surface area contributed by atoms with E-state index in [1.807, 2.05) is 47.0 Å². The van der Waals surface area contributed by atoms with E-state index < -0.39 is 0 Å². The van der Waals surface area contributed by atoms with Crippen LogP contribution in [0.4, 0.5) is 0 Å². The molecule has 2 heterocycles. The quantitative estimate of drug-likeness (QED) is 0.729. The molecule has 1 aromatic carbocycles. The van der Waals surface area contributed by atoms with Crippen molar-refractivity contribution in [3.63, 3.8) is 0 Å². The number of rotatable bonds is 8. The minimum absolute atomic E-state index is 0.147. The average molecular weight is 357 g/mol. The first-order chi connectivity index (χ1) is 12.7. The van der Waals surface area contributed by atoms with Crippen molar-refractivity contribution in [2.24, 2.45) is 7.05 Å². The molecule has 0 spiro atoms. The highest BCUT2D eigenvalue weighted by Gasteiger charge is 2.23. The Morgan fingerprint density at radius 3 is 2.77 bits per heavy atom. The zero-order valence-electron chi connectivity index (χ0n) is 15.6. The molecule has 1 aliphatic heterocycles. The Morgan fingerprint density at radius 1 is 1.35 bits per heavy atom. The maximum Gasteiger partial charge on any atom is 0.223 e. The Kier molecular flexibility index (Phi) is 6.28. The third-order valence-corrected chi connectivity index (χ3v) is 4.85. The van der Waals surface area contributed by atoms with E-state index in [4.69, 9.17) is 9.47 Å². The van der Waals surface area contributed by atoms with Crippen LogP contribution in [0.1, 0.15) is 30.5 Å². The summed E-state index contributed by atoms with van der Waals surface area (Å²) >= 11 is 0. The van der Waals surface area contributed by atoms with E-state index in [1.165, 1.54) is 0 Å². The van der Waals surface area contributed by atoms with Crippen molar-refractivity contribution >= 4 is 5.91 Å². The zero-order valence-corrected chi connectivity index (χ0v) is 15.6. The van der Waals surface area contributed by atoms with Gasteiger partial charge in [-0.3, -0.25) is 9.48 Å². The second-order valence-electron chi connectivity index (χ2n) is 6.70. The number of hydrogen-bond acceptors (Lipinski definition) is 4. The number of ether oxygens (including phenoxy) is 2. The van der Waals surface area contributed by atoms with E-state index >= 15 is 0 Å². The molecule has 3 rings (SSSR count). The van der Waals surface area contributed by atoms with Crippen molar-refractivity contribution < 1.29 is 14.3 Å². The molecule has 0 bridgehead atoms. The molecule has 26 heavy (non-hydrogen) atoms. The van der Waals surface area contributed by atoms with Crippen molar-refractivity contribution in [1.29, 1.82) is 0 Å². The van der Waals surface area contributed by atoms with Crippen LogP contribution in [-0.4, -0.2) is 47.0 Å². The number of amides is 1. The predicted octanol–water partition coefficient (Wildman–Crippen LogP) is 2.57. The van der Waals surface area contributed by atoms with E-state index in [9.17, 15) is 4.79 Å². The Balaban J connectivity index is 1.64. The summed E-state index contributed by atoms with van der Waals surface area (Å²) in [4.78, 5) is 14.8. The number of aromatic nitrogens is 2. The van der Waals surface area contributed by atoms with Crippen LogP contribution in [-0.2, 0) is 29.5 Å². The van der Waals surface area contributed by atoms with Crippen molar-refractivity contribution in [3.05, 3.63) is 47.8 Å². The van der Waals surface area contributed by atoms with Crippen LogP contribution in [0.3, 0.4) is 0 Å². The lowest BCUT2D eigenvalue weighted by atomic mass is 10.1. The standard InChI is InChI=1S/C20H27N3O3/c1-22-17(11-12-21-22)7-10-20(24)23(15-19-4-3-13-26-19)14-16-5-8-18(25-2)9-6-16/h5-6,8-9,11-12,19H,3-4,7,10,13-15H2,1-2H3. The average Bonchev–Trinajstić information content (AvgIpc) is 3.31. The number of aryl methyl sites for hydroxylation is 2. The predicted molar refractivity (Wildman–Crippen MR) is 98.9 cm³/mol. The van der Waals surface area contributed by atoms with Crippen LogP contribution in [0.2, 0.25) is 0 Å². The van der Waals surface area contributed by atoms with Crippen LogP contribution in [0, 0.1) is 0 Å². The smallest absolute Gasteiger partial charge is 0.223 e. The summed E-state index contributed by atoms with van der Waals surface area (Å²) in [5, 5.41) is 4.17. The minimum Gasteiger partial charge on any atom is -0.497 e. The monoisotopic (exact) mass is 357 g/mol. The van der Waals surface area contributed by atoms with Gasteiger partial charge >= 0.3 is 0 Å². The highest BCUT2D eigenvalue weighted by atomic mass is 16.5. The summed E-state index contributed by atoms with van der Waals surface area (Å²) < 4.78 is 12.8. The fourth-order valence-electron chi connectivity index (χ4n) is 3.28. The van der Waals surface area contributed by atoms with Gasteiger partial charge in [0.05, 0.1) is 13.2 Å². The fourth-order valence-corrected chi connectivity index (χ4v) is 3.28. The van der Waals surface area contributed by atoms with Crippen molar-refractivity contribution in [2.75, 3.05) is 20.3 Å². The van der Waals surface area contributed by atoms with E-state index in [2.05, 4.69) is 5.10 Å². The summed E-state index contributed by atoms with van der Waals surface area (Å²) in [5.41, 5.74) is 2.16. The number of benzene rings is 1. The normalized spacial score (nSPS) is 16.6. The SMILES string of the molecule is COc1ccc(CN(CC2CCCO2)C(=O)CCc2ccnn2C)cc1. The summed E-state index contributed by atoms with van der Waals surface area (Å²) in [6.07, 6.45) is 5.18. The van der Waals surface area contributed by atoms with Gasteiger partial charge in [0.15, 0.2) is 0 Å². The summed E-state index contributed by atoms with van der Waals surface area (Å²) in [6.45, 7) is 2.04. The maximum absolute atomic E-state index is 12.9. The molecular weight excluding hydrogens is 330 g/mol. The Hall–Kier alpha value is -2.34. The summed E-state index contributed by atoms with van der Waals surface area (Å²) in [7, 11) is 3.56. The van der Waals surface area contributed by atoms with E-state index in [-0.39, 0.29) is 12.0 Å². The lowest BCUT2D eigenvalue weighted by molar-refractivity contribution is -0.133. The van der Waals surface area contributed by atoms with Gasteiger partial charge in [-0.05, 0) is 43.0 Å². The first-order valence-electron chi connectivity index (χ1n) is 9.15. The van der Waals surface area contributed by atoms with Gasteiger partial charge in [0.25, 0.3) is 0 Å². The van der Waals surface area contributed by atoms with Gasteiger partial charge in [-0.2, -0.15) is 5.10 Å².